The van der Waals surface area contributed by atoms with E-state index in [1.165, 1.54) is 12.5 Å². The molecule has 1 heterocycles. The van der Waals surface area contributed by atoms with Gasteiger partial charge in [0.05, 0.1) is 12.5 Å². The van der Waals surface area contributed by atoms with Crippen LogP contribution in [0.15, 0.2) is 37.9 Å². The molecular weight excluding hydrogens is 236 g/mol. The van der Waals surface area contributed by atoms with Crippen molar-refractivity contribution in [3.63, 3.8) is 0 Å². The van der Waals surface area contributed by atoms with E-state index in [-0.39, 0.29) is 6.01 Å². The molecule has 98 valence electrons. The van der Waals surface area contributed by atoms with Crippen molar-refractivity contribution < 1.29 is 18.9 Å². The van der Waals surface area contributed by atoms with Crippen molar-refractivity contribution in [2.24, 2.45) is 0 Å². The van der Waals surface area contributed by atoms with Crippen LogP contribution in [0.25, 0.3) is 0 Å². The van der Waals surface area contributed by atoms with Crippen molar-refractivity contribution in [1.82, 2.24) is 9.97 Å². The van der Waals surface area contributed by atoms with E-state index in [1.807, 2.05) is 0 Å². The Morgan fingerprint density at radius 3 is 2.33 bits per heavy atom. The van der Waals surface area contributed by atoms with E-state index in [1.54, 1.807) is 12.3 Å². The van der Waals surface area contributed by atoms with E-state index in [0.717, 1.165) is 0 Å². The van der Waals surface area contributed by atoms with Crippen molar-refractivity contribution in [1.29, 1.82) is 0 Å². The van der Waals surface area contributed by atoms with E-state index >= 15 is 0 Å². The predicted molar refractivity (Wildman–Crippen MR) is 65.3 cm³/mol. The molecule has 6 heteroatoms. The van der Waals surface area contributed by atoms with Crippen LogP contribution < -0.4 is 9.47 Å². The molecule has 0 unspecified atom stereocenters. The summed E-state index contributed by atoms with van der Waals surface area (Å²) in [6.07, 6.45) is 4.27. The summed E-state index contributed by atoms with van der Waals surface area (Å²) in [5.41, 5.74) is 0. The fraction of sp³-hybridized carbons (Fsp3) is 0.333. The normalized spacial score (nSPS) is 9.33. The molecule has 6 nitrogen and oxygen atoms in total. The number of rotatable bonds is 10. The van der Waals surface area contributed by atoms with Crippen LogP contribution in [-0.4, -0.2) is 36.4 Å². The average Bonchev–Trinajstić information content (AvgIpc) is 2.40. The molecule has 0 fully saturated rings. The molecule has 0 saturated heterocycles. The first-order chi connectivity index (χ1) is 8.86. The molecule has 0 aromatic carbocycles. The van der Waals surface area contributed by atoms with Gasteiger partial charge in [-0.2, -0.15) is 4.98 Å². The lowest BCUT2D eigenvalue weighted by Gasteiger charge is -2.07. The number of hydrogen-bond donors (Lipinski definition) is 0. The fourth-order valence-corrected chi connectivity index (χ4v) is 1.02. The highest BCUT2D eigenvalue weighted by atomic mass is 16.5. The Labute approximate surface area is 106 Å². The van der Waals surface area contributed by atoms with Crippen molar-refractivity contribution >= 4 is 0 Å². The number of hydrogen-bond acceptors (Lipinski definition) is 6. The van der Waals surface area contributed by atoms with Crippen molar-refractivity contribution in [2.75, 3.05) is 26.4 Å². The van der Waals surface area contributed by atoms with Gasteiger partial charge in [0.25, 0.3) is 0 Å². The maximum atomic E-state index is 5.32. The second-order valence-corrected chi connectivity index (χ2v) is 2.95. The van der Waals surface area contributed by atoms with Crippen molar-refractivity contribution in [2.45, 2.75) is 0 Å². The number of aromatic nitrogens is 2. The zero-order valence-corrected chi connectivity index (χ0v) is 10.1. The first kappa shape index (κ1) is 13.8. The van der Waals surface area contributed by atoms with Crippen LogP contribution in [0.3, 0.4) is 0 Å². The summed E-state index contributed by atoms with van der Waals surface area (Å²) in [5, 5.41) is 0. The van der Waals surface area contributed by atoms with Crippen molar-refractivity contribution in [3.8, 4) is 11.9 Å². The molecule has 0 saturated carbocycles. The Kier molecular flexibility index (Phi) is 6.80. The standard InChI is InChI=1S/C12H16N2O4/c1-3-15-7-9-17-11-5-6-13-12(14-11)18-10-8-16-4-2/h3-6H,1-2,7-10H2. The van der Waals surface area contributed by atoms with Crippen LogP contribution in [0.2, 0.25) is 0 Å². The second-order valence-electron chi connectivity index (χ2n) is 2.95. The Morgan fingerprint density at radius 1 is 1.00 bits per heavy atom. The van der Waals surface area contributed by atoms with Crippen LogP contribution in [-0.2, 0) is 9.47 Å². The molecule has 1 rings (SSSR count). The number of ether oxygens (including phenoxy) is 4. The van der Waals surface area contributed by atoms with Crippen LogP contribution in [0, 0.1) is 0 Å². The molecule has 1 aromatic heterocycles. The summed E-state index contributed by atoms with van der Waals surface area (Å²) in [6.45, 7) is 8.37. The summed E-state index contributed by atoms with van der Waals surface area (Å²) >= 11 is 0. The molecule has 0 aliphatic carbocycles. The molecule has 0 radical (unpaired) electrons. The molecule has 0 atom stereocenters. The molecule has 0 bridgehead atoms. The fourth-order valence-electron chi connectivity index (χ4n) is 1.02. The molecule has 0 N–H and O–H groups in total. The molecule has 0 aliphatic rings. The predicted octanol–water partition coefficient (Wildman–Crippen LogP) is 1.55. The van der Waals surface area contributed by atoms with Gasteiger partial charge < -0.3 is 18.9 Å². The lowest BCUT2D eigenvalue weighted by atomic mass is 10.6. The maximum absolute atomic E-state index is 5.32. The Morgan fingerprint density at radius 2 is 1.67 bits per heavy atom. The summed E-state index contributed by atoms with van der Waals surface area (Å²) in [6, 6.07) is 1.88. The van der Waals surface area contributed by atoms with Gasteiger partial charge in [-0.25, -0.2) is 4.98 Å². The molecule has 1 aromatic rings. The van der Waals surface area contributed by atoms with Gasteiger partial charge in [-0.3, -0.25) is 0 Å². The number of nitrogens with zero attached hydrogens (tertiary/aromatic N) is 2. The minimum atomic E-state index is 0.241. The minimum Gasteiger partial charge on any atom is -0.498 e. The van der Waals surface area contributed by atoms with Gasteiger partial charge in [0, 0.05) is 12.3 Å². The summed E-state index contributed by atoms with van der Waals surface area (Å²) < 4.78 is 20.4. The van der Waals surface area contributed by atoms with E-state index in [4.69, 9.17) is 18.9 Å². The average molecular weight is 252 g/mol. The Balaban J connectivity index is 2.31. The Bertz CT molecular complexity index is 340. The summed E-state index contributed by atoms with van der Waals surface area (Å²) in [7, 11) is 0. The molecule has 0 amide bonds. The quantitative estimate of drug-likeness (QED) is 0.465. The molecule has 18 heavy (non-hydrogen) atoms. The van der Waals surface area contributed by atoms with Crippen molar-refractivity contribution in [3.05, 3.63) is 37.9 Å². The van der Waals surface area contributed by atoms with Crippen LogP contribution in [0.4, 0.5) is 0 Å². The maximum Gasteiger partial charge on any atom is 0.319 e. The molecule has 0 aliphatic heterocycles. The van der Waals surface area contributed by atoms with Crippen LogP contribution >= 0.6 is 0 Å². The van der Waals surface area contributed by atoms with Gasteiger partial charge in [0.1, 0.15) is 26.4 Å². The zero-order valence-electron chi connectivity index (χ0n) is 10.1. The smallest absolute Gasteiger partial charge is 0.319 e. The van der Waals surface area contributed by atoms with Gasteiger partial charge in [-0.15, -0.1) is 0 Å². The third-order valence-corrected chi connectivity index (χ3v) is 1.73. The molecule has 0 spiro atoms. The largest absolute Gasteiger partial charge is 0.498 e. The lowest BCUT2D eigenvalue weighted by molar-refractivity contribution is 0.163. The zero-order chi connectivity index (χ0) is 13.1. The summed E-state index contributed by atoms with van der Waals surface area (Å²) in [5.74, 6) is 0.428. The van der Waals surface area contributed by atoms with E-state index in [2.05, 4.69) is 23.1 Å². The first-order valence-corrected chi connectivity index (χ1v) is 5.40. The van der Waals surface area contributed by atoms with Gasteiger partial charge in [0.15, 0.2) is 0 Å². The van der Waals surface area contributed by atoms with E-state index < -0.39 is 0 Å². The minimum absolute atomic E-state index is 0.241. The SMILES string of the molecule is C=COCCOc1ccnc(OCCOC=C)n1. The van der Waals surface area contributed by atoms with Gasteiger partial charge in [-0.1, -0.05) is 13.2 Å². The van der Waals surface area contributed by atoms with E-state index in [9.17, 15) is 0 Å². The summed E-state index contributed by atoms with van der Waals surface area (Å²) in [4.78, 5) is 7.99. The lowest BCUT2D eigenvalue weighted by Crippen LogP contribution is -2.08. The third-order valence-electron chi connectivity index (χ3n) is 1.73. The highest BCUT2D eigenvalue weighted by Crippen LogP contribution is 2.09. The van der Waals surface area contributed by atoms with Crippen LogP contribution in [0.5, 0.6) is 11.9 Å². The van der Waals surface area contributed by atoms with Gasteiger partial charge >= 0.3 is 6.01 Å². The van der Waals surface area contributed by atoms with Crippen LogP contribution in [0.1, 0.15) is 0 Å². The topological polar surface area (TPSA) is 62.7 Å². The van der Waals surface area contributed by atoms with Gasteiger partial charge in [-0.05, 0) is 0 Å². The van der Waals surface area contributed by atoms with E-state index in [0.29, 0.717) is 32.3 Å². The molecular formula is C12H16N2O4. The highest BCUT2D eigenvalue weighted by molar-refractivity contribution is 5.10. The Hall–Kier alpha value is -2.24. The highest BCUT2D eigenvalue weighted by Gasteiger charge is 2.01. The first-order valence-electron chi connectivity index (χ1n) is 5.40. The third kappa shape index (κ3) is 5.74. The second kappa shape index (κ2) is 8.86. The van der Waals surface area contributed by atoms with Gasteiger partial charge in [0.2, 0.25) is 5.88 Å². The monoisotopic (exact) mass is 252 g/mol.